The lowest BCUT2D eigenvalue weighted by Gasteiger charge is -2.35. The molecule has 0 saturated carbocycles. The lowest BCUT2D eigenvalue weighted by atomic mass is 10.1. The predicted molar refractivity (Wildman–Crippen MR) is 114 cm³/mol. The summed E-state index contributed by atoms with van der Waals surface area (Å²) in [5.41, 5.74) is 7.92. The summed E-state index contributed by atoms with van der Waals surface area (Å²) in [4.78, 5) is 32.3. The fraction of sp³-hybridized carbons (Fsp3) is 0.261. The highest BCUT2D eigenvalue weighted by Gasteiger charge is 2.22. The molecule has 7 heteroatoms. The van der Waals surface area contributed by atoms with E-state index in [1.165, 1.54) is 5.56 Å². The van der Waals surface area contributed by atoms with E-state index in [1.54, 1.807) is 24.3 Å². The summed E-state index contributed by atoms with van der Waals surface area (Å²) in [6.45, 7) is 3.63. The van der Waals surface area contributed by atoms with Crippen molar-refractivity contribution in [2.75, 3.05) is 32.8 Å². The molecule has 0 bridgehead atoms. The van der Waals surface area contributed by atoms with E-state index in [0.717, 1.165) is 30.5 Å². The van der Waals surface area contributed by atoms with E-state index in [9.17, 15) is 9.59 Å². The first-order valence-electron chi connectivity index (χ1n) is 9.95. The second kappa shape index (κ2) is 8.92. The third-order valence-corrected chi connectivity index (χ3v) is 5.25. The number of amides is 2. The van der Waals surface area contributed by atoms with Crippen molar-refractivity contribution in [3.8, 4) is 5.75 Å². The Morgan fingerprint density at radius 1 is 0.967 bits per heavy atom. The van der Waals surface area contributed by atoms with Crippen LogP contribution >= 0.6 is 0 Å². The van der Waals surface area contributed by atoms with Crippen molar-refractivity contribution in [1.29, 1.82) is 0 Å². The molecule has 1 saturated heterocycles. The van der Waals surface area contributed by atoms with Gasteiger partial charge in [0.15, 0.2) is 6.61 Å². The Morgan fingerprint density at radius 3 is 2.43 bits per heavy atom. The molecular weight excluding hydrogens is 380 g/mol. The first-order valence-corrected chi connectivity index (χ1v) is 9.95. The molecule has 2 heterocycles. The van der Waals surface area contributed by atoms with Gasteiger partial charge in [0, 0.05) is 49.9 Å². The summed E-state index contributed by atoms with van der Waals surface area (Å²) < 4.78 is 5.24. The van der Waals surface area contributed by atoms with Crippen LogP contribution in [0.3, 0.4) is 0 Å². The molecule has 0 atom stereocenters. The number of rotatable bonds is 6. The molecule has 0 unspecified atom stereocenters. The minimum atomic E-state index is -0.535. The van der Waals surface area contributed by atoms with E-state index in [2.05, 4.69) is 34.1 Å². The summed E-state index contributed by atoms with van der Waals surface area (Å²) in [5, 5.41) is 1.15. The fourth-order valence-corrected chi connectivity index (χ4v) is 3.68. The van der Waals surface area contributed by atoms with Gasteiger partial charge in [-0.05, 0) is 35.9 Å². The highest BCUT2D eigenvalue weighted by Crippen LogP contribution is 2.19. The molecule has 4 rings (SSSR count). The Hall–Kier alpha value is -3.45. The third-order valence-electron chi connectivity index (χ3n) is 5.25. The van der Waals surface area contributed by atoms with Gasteiger partial charge in [-0.25, -0.2) is 0 Å². The van der Waals surface area contributed by atoms with Crippen LogP contribution in [0.2, 0.25) is 0 Å². The number of carbonyl (C=O) groups excluding carboxylic acids is 2. The fourth-order valence-electron chi connectivity index (χ4n) is 3.68. The van der Waals surface area contributed by atoms with E-state index in [4.69, 9.17) is 10.5 Å². The second-order valence-electron chi connectivity index (χ2n) is 7.34. The normalized spacial score (nSPS) is 14.6. The Morgan fingerprint density at radius 2 is 1.70 bits per heavy atom. The van der Waals surface area contributed by atoms with E-state index in [-0.39, 0.29) is 12.5 Å². The van der Waals surface area contributed by atoms with Gasteiger partial charge in [-0.15, -0.1) is 0 Å². The molecule has 7 nitrogen and oxygen atoms in total. The maximum atomic E-state index is 12.8. The number of benzene rings is 2. The van der Waals surface area contributed by atoms with Gasteiger partial charge in [0.05, 0.1) is 5.52 Å². The number of fused-ring (bicyclic) bond motifs is 1. The molecule has 2 N–H and O–H groups in total. The highest BCUT2D eigenvalue weighted by atomic mass is 16.5. The van der Waals surface area contributed by atoms with Crippen LogP contribution in [0, 0.1) is 0 Å². The van der Waals surface area contributed by atoms with Gasteiger partial charge in [0.25, 0.3) is 11.8 Å². The largest absolute Gasteiger partial charge is 0.484 e. The van der Waals surface area contributed by atoms with Gasteiger partial charge in [-0.1, -0.05) is 24.3 Å². The second-order valence-corrected chi connectivity index (χ2v) is 7.34. The van der Waals surface area contributed by atoms with Crippen LogP contribution in [0.15, 0.2) is 60.8 Å². The molecule has 1 fully saturated rings. The number of hydrogen-bond donors (Lipinski definition) is 1. The molecule has 3 aromatic rings. The Bertz CT molecular complexity index is 1040. The van der Waals surface area contributed by atoms with Crippen molar-refractivity contribution in [2.45, 2.75) is 6.54 Å². The van der Waals surface area contributed by atoms with Gasteiger partial charge in [0.2, 0.25) is 0 Å². The first-order chi connectivity index (χ1) is 14.6. The number of pyridine rings is 1. The molecule has 0 spiro atoms. The van der Waals surface area contributed by atoms with Crippen molar-refractivity contribution in [1.82, 2.24) is 14.8 Å². The average molecular weight is 404 g/mol. The third kappa shape index (κ3) is 4.58. The zero-order valence-corrected chi connectivity index (χ0v) is 16.7. The molecule has 1 aromatic heterocycles. The maximum absolute atomic E-state index is 12.8. The van der Waals surface area contributed by atoms with Crippen molar-refractivity contribution in [3.05, 3.63) is 71.9 Å². The maximum Gasteiger partial charge on any atom is 0.255 e. The number of piperazine rings is 1. The minimum Gasteiger partial charge on any atom is -0.484 e. The molecule has 2 amide bonds. The molecule has 0 radical (unpaired) electrons. The molecule has 1 aliphatic rings. The SMILES string of the molecule is NC(=O)COc1ccc(C(=O)N2CCN(Cc3cccc4cccnc34)CC2)cc1. The van der Waals surface area contributed by atoms with Crippen LogP contribution < -0.4 is 10.5 Å². The molecule has 30 heavy (non-hydrogen) atoms. The van der Waals surface area contributed by atoms with Crippen molar-refractivity contribution in [2.24, 2.45) is 5.73 Å². The Balaban J connectivity index is 1.34. The average Bonchev–Trinajstić information content (AvgIpc) is 2.78. The smallest absolute Gasteiger partial charge is 0.255 e. The molecule has 154 valence electrons. The van der Waals surface area contributed by atoms with Crippen LogP contribution in [0.1, 0.15) is 15.9 Å². The number of primary amides is 1. The number of nitrogens with two attached hydrogens (primary N) is 1. The van der Waals surface area contributed by atoms with Crippen molar-refractivity contribution >= 4 is 22.7 Å². The monoisotopic (exact) mass is 404 g/mol. The van der Waals surface area contributed by atoms with Gasteiger partial charge < -0.3 is 15.4 Å². The van der Waals surface area contributed by atoms with E-state index in [0.29, 0.717) is 24.4 Å². The van der Waals surface area contributed by atoms with Crippen LogP contribution in [0.4, 0.5) is 0 Å². The Kier molecular flexibility index (Phi) is 5.90. The van der Waals surface area contributed by atoms with Crippen LogP contribution in [0.5, 0.6) is 5.75 Å². The van der Waals surface area contributed by atoms with E-state index >= 15 is 0 Å². The summed E-state index contributed by atoms with van der Waals surface area (Å²) >= 11 is 0. The van der Waals surface area contributed by atoms with Crippen LogP contribution in [-0.2, 0) is 11.3 Å². The van der Waals surface area contributed by atoms with Crippen molar-refractivity contribution in [3.63, 3.8) is 0 Å². The number of nitrogens with zero attached hydrogens (tertiary/aromatic N) is 3. The summed E-state index contributed by atoms with van der Waals surface area (Å²) in [5.74, 6) is -0.0194. The minimum absolute atomic E-state index is 0.00271. The summed E-state index contributed by atoms with van der Waals surface area (Å²) in [6, 6.07) is 17.1. The predicted octanol–water partition coefficient (Wildman–Crippen LogP) is 2.06. The lowest BCUT2D eigenvalue weighted by molar-refractivity contribution is -0.119. The quantitative estimate of drug-likeness (QED) is 0.679. The van der Waals surface area contributed by atoms with Crippen LogP contribution in [0.25, 0.3) is 10.9 Å². The zero-order chi connectivity index (χ0) is 20.9. The van der Waals surface area contributed by atoms with Gasteiger partial charge in [-0.3, -0.25) is 19.5 Å². The molecule has 0 aliphatic carbocycles. The van der Waals surface area contributed by atoms with Gasteiger partial charge in [0.1, 0.15) is 5.75 Å². The molecule has 1 aliphatic heterocycles. The van der Waals surface area contributed by atoms with Gasteiger partial charge in [-0.2, -0.15) is 0 Å². The lowest BCUT2D eigenvalue weighted by Crippen LogP contribution is -2.48. The van der Waals surface area contributed by atoms with E-state index < -0.39 is 5.91 Å². The first kappa shape index (κ1) is 19.8. The summed E-state index contributed by atoms with van der Waals surface area (Å²) in [6.07, 6.45) is 1.83. The van der Waals surface area contributed by atoms with Crippen LogP contribution in [-0.4, -0.2) is 59.4 Å². The molecule has 2 aromatic carbocycles. The number of aromatic nitrogens is 1. The van der Waals surface area contributed by atoms with Gasteiger partial charge >= 0.3 is 0 Å². The summed E-state index contributed by atoms with van der Waals surface area (Å²) in [7, 11) is 0. The number of ether oxygens (including phenoxy) is 1. The highest BCUT2D eigenvalue weighted by molar-refractivity contribution is 5.94. The number of carbonyl (C=O) groups is 2. The Labute approximate surface area is 175 Å². The zero-order valence-electron chi connectivity index (χ0n) is 16.7. The topological polar surface area (TPSA) is 88.8 Å². The van der Waals surface area contributed by atoms with Crippen molar-refractivity contribution < 1.29 is 14.3 Å². The molecular formula is C23H24N4O3. The number of para-hydroxylation sites is 1. The number of hydrogen-bond acceptors (Lipinski definition) is 5. The standard InChI is InChI=1S/C23H24N4O3/c24-21(28)16-30-20-8-6-18(7-9-20)23(29)27-13-11-26(12-14-27)15-19-4-1-3-17-5-2-10-25-22(17)19/h1-10H,11-16H2,(H2,24,28). The van der Waals surface area contributed by atoms with E-state index in [1.807, 2.05) is 17.2 Å².